The van der Waals surface area contributed by atoms with Gasteiger partial charge in [-0.2, -0.15) is 0 Å². The van der Waals surface area contributed by atoms with Gasteiger partial charge in [-0.15, -0.1) is 0 Å². The molecule has 0 saturated carbocycles. The fourth-order valence-corrected chi connectivity index (χ4v) is 1.95. The van der Waals surface area contributed by atoms with E-state index < -0.39 is 0 Å². The third-order valence-corrected chi connectivity index (χ3v) is 3.17. The fourth-order valence-electron chi connectivity index (χ4n) is 1.95. The number of phenols is 1. The summed E-state index contributed by atoms with van der Waals surface area (Å²) in [4.78, 5) is 11.7. The number of carbonyl (C=O) groups is 1. The molecule has 0 aliphatic carbocycles. The first-order valence-electron chi connectivity index (χ1n) is 7.71. The molecule has 1 N–H and O–H groups in total. The lowest BCUT2D eigenvalue weighted by molar-refractivity contribution is -0.145. The number of methoxy groups -OCH3 is 1. The van der Waals surface area contributed by atoms with Crippen molar-refractivity contribution in [2.75, 3.05) is 7.11 Å². The van der Waals surface area contributed by atoms with E-state index in [0.717, 1.165) is 24.8 Å². The van der Waals surface area contributed by atoms with Gasteiger partial charge in [-0.25, -0.2) is 0 Å². The van der Waals surface area contributed by atoms with Gasteiger partial charge in [-0.1, -0.05) is 32.1 Å². The molecule has 0 unspecified atom stereocenters. The molecule has 122 valence electrons. The maximum atomic E-state index is 11.7. The minimum Gasteiger partial charge on any atom is -0.504 e. The highest BCUT2D eigenvalue weighted by Crippen LogP contribution is 2.26. The molecule has 1 aromatic rings. The number of allylic oxidation sites excluding steroid dienone is 2. The van der Waals surface area contributed by atoms with E-state index >= 15 is 0 Å². The van der Waals surface area contributed by atoms with Gasteiger partial charge in [0.05, 0.1) is 7.11 Å². The van der Waals surface area contributed by atoms with Crippen molar-refractivity contribution < 1.29 is 19.4 Å². The summed E-state index contributed by atoms with van der Waals surface area (Å²) in [5.74, 6) is 0.838. The molecular weight excluding hydrogens is 280 g/mol. The van der Waals surface area contributed by atoms with Gasteiger partial charge in [0, 0.05) is 6.42 Å². The summed E-state index contributed by atoms with van der Waals surface area (Å²) in [6, 6.07) is 4.91. The zero-order valence-electron chi connectivity index (χ0n) is 13.7. The quantitative estimate of drug-likeness (QED) is 0.422. The van der Waals surface area contributed by atoms with Crippen molar-refractivity contribution in [2.24, 2.45) is 5.92 Å². The van der Waals surface area contributed by atoms with Crippen molar-refractivity contribution in [3.05, 3.63) is 35.9 Å². The molecule has 22 heavy (non-hydrogen) atoms. The molecule has 0 atom stereocenters. The van der Waals surface area contributed by atoms with Crippen LogP contribution in [0.2, 0.25) is 0 Å². The van der Waals surface area contributed by atoms with Crippen molar-refractivity contribution in [1.82, 2.24) is 0 Å². The lowest BCUT2D eigenvalue weighted by Crippen LogP contribution is -2.04. The number of esters is 1. The number of aromatic hydroxyl groups is 1. The molecular formula is C18H26O4. The molecule has 4 nitrogen and oxygen atoms in total. The van der Waals surface area contributed by atoms with E-state index in [0.29, 0.717) is 18.1 Å². The number of rotatable bonds is 9. The Morgan fingerprint density at radius 2 is 2.09 bits per heavy atom. The summed E-state index contributed by atoms with van der Waals surface area (Å²) < 4.78 is 10.2. The number of carbonyl (C=O) groups excluding carboxylic acids is 1. The maximum absolute atomic E-state index is 11.7. The van der Waals surface area contributed by atoms with Gasteiger partial charge < -0.3 is 14.6 Å². The van der Waals surface area contributed by atoms with Gasteiger partial charge >= 0.3 is 5.97 Å². The first-order chi connectivity index (χ1) is 10.5. The van der Waals surface area contributed by atoms with E-state index in [2.05, 4.69) is 26.0 Å². The predicted octanol–water partition coefficient (Wildman–Crippen LogP) is 4.22. The van der Waals surface area contributed by atoms with Gasteiger partial charge in [0.25, 0.3) is 0 Å². The standard InChI is InChI=1S/C18H26O4/c1-14(2)8-6-4-5-7-9-18(20)22-13-15-10-11-16(19)17(12-15)21-3/h6,8,10-12,14,19H,4-5,7,9,13H2,1-3H3/b8-6-. The van der Waals surface area contributed by atoms with E-state index in [1.807, 2.05) is 0 Å². The van der Waals surface area contributed by atoms with E-state index in [1.165, 1.54) is 13.2 Å². The van der Waals surface area contributed by atoms with Crippen LogP contribution in [0, 0.1) is 5.92 Å². The van der Waals surface area contributed by atoms with Crippen LogP contribution in [0.1, 0.15) is 45.1 Å². The van der Waals surface area contributed by atoms with Crippen molar-refractivity contribution >= 4 is 5.97 Å². The predicted molar refractivity (Wildman–Crippen MR) is 86.9 cm³/mol. The third-order valence-electron chi connectivity index (χ3n) is 3.17. The summed E-state index contributed by atoms with van der Waals surface area (Å²) in [7, 11) is 1.48. The molecule has 0 amide bonds. The molecule has 4 heteroatoms. The van der Waals surface area contributed by atoms with Crippen LogP contribution >= 0.6 is 0 Å². The summed E-state index contributed by atoms with van der Waals surface area (Å²) >= 11 is 0. The average Bonchev–Trinajstić information content (AvgIpc) is 2.49. The smallest absolute Gasteiger partial charge is 0.306 e. The number of phenolic OH excluding ortho intramolecular Hbond substituents is 1. The largest absolute Gasteiger partial charge is 0.504 e. The van der Waals surface area contributed by atoms with Gasteiger partial charge in [-0.3, -0.25) is 4.79 Å². The Labute approximate surface area is 132 Å². The minimum absolute atomic E-state index is 0.0760. The van der Waals surface area contributed by atoms with Crippen molar-refractivity contribution in [3.8, 4) is 11.5 Å². The topological polar surface area (TPSA) is 55.8 Å². The molecule has 0 heterocycles. The van der Waals surface area contributed by atoms with Crippen LogP contribution in [-0.4, -0.2) is 18.2 Å². The second-order valence-corrected chi connectivity index (χ2v) is 5.58. The van der Waals surface area contributed by atoms with Crippen molar-refractivity contribution in [1.29, 1.82) is 0 Å². The summed E-state index contributed by atoms with van der Waals surface area (Å²) in [6.07, 6.45) is 7.60. The van der Waals surface area contributed by atoms with Gasteiger partial charge in [-0.05, 0) is 42.9 Å². The molecule has 0 aromatic heterocycles. The van der Waals surface area contributed by atoms with Crippen LogP contribution < -0.4 is 4.74 Å². The molecule has 0 fully saturated rings. The molecule has 0 bridgehead atoms. The lowest BCUT2D eigenvalue weighted by atomic mass is 10.1. The Hall–Kier alpha value is -1.97. The monoisotopic (exact) mass is 306 g/mol. The summed E-state index contributed by atoms with van der Waals surface area (Å²) in [6.45, 7) is 4.49. The average molecular weight is 306 g/mol. The second-order valence-electron chi connectivity index (χ2n) is 5.58. The van der Waals surface area contributed by atoms with Crippen LogP contribution in [0.4, 0.5) is 0 Å². The van der Waals surface area contributed by atoms with Gasteiger partial charge in [0.2, 0.25) is 0 Å². The van der Waals surface area contributed by atoms with E-state index in [-0.39, 0.29) is 18.3 Å². The number of hydrogen-bond acceptors (Lipinski definition) is 4. The van der Waals surface area contributed by atoms with E-state index in [4.69, 9.17) is 9.47 Å². The number of benzene rings is 1. The van der Waals surface area contributed by atoms with Crippen LogP contribution in [0.25, 0.3) is 0 Å². The van der Waals surface area contributed by atoms with Crippen molar-refractivity contribution in [2.45, 2.75) is 46.1 Å². The highest BCUT2D eigenvalue weighted by atomic mass is 16.5. The highest BCUT2D eigenvalue weighted by Gasteiger charge is 2.06. The highest BCUT2D eigenvalue weighted by molar-refractivity contribution is 5.69. The Bertz CT molecular complexity index is 492. The zero-order chi connectivity index (χ0) is 16.4. The number of hydrogen-bond donors (Lipinski definition) is 1. The third kappa shape index (κ3) is 7.16. The fraction of sp³-hybridized carbons (Fsp3) is 0.500. The SMILES string of the molecule is COc1cc(COC(=O)CCCC/C=C\C(C)C)ccc1O. The van der Waals surface area contributed by atoms with Crippen LogP contribution in [0.3, 0.4) is 0 Å². The van der Waals surface area contributed by atoms with Gasteiger partial charge in [0.15, 0.2) is 11.5 Å². The first kappa shape index (κ1) is 18.1. The summed E-state index contributed by atoms with van der Waals surface area (Å²) in [5.41, 5.74) is 0.794. The van der Waals surface area contributed by atoms with E-state index in [1.54, 1.807) is 12.1 Å². The lowest BCUT2D eigenvalue weighted by Gasteiger charge is -2.08. The molecule has 0 radical (unpaired) electrons. The van der Waals surface area contributed by atoms with E-state index in [9.17, 15) is 9.90 Å². The molecule has 1 aromatic carbocycles. The molecule has 1 rings (SSSR count). The zero-order valence-corrected chi connectivity index (χ0v) is 13.7. The Morgan fingerprint density at radius 3 is 2.77 bits per heavy atom. The minimum atomic E-state index is -0.195. The Balaban J connectivity index is 2.23. The maximum Gasteiger partial charge on any atom is 0.306 e. The Kier molecular flexibility index (Phi) is 8.11. The van der Waals surface area contributed by atoms with Crippen LogP contribution in [-0.2, 0) is 16.1 Å². The first-order valence-corrected chi connectivity index (χ1v) is 7.71. The van der Waals surface area contributed by atoms with Crippen molar-refractivity contribution in [3.63, 3.8) is 0 Å². The normalized spacial score (nSPS) is 11.1. The van der Waals surface area contributed by atoms with Crippen LogP contribution in [0.15, 0.2) is 30.4 Å². The molecule has 0 aliphatic heterocycles. The van der Waals surface area contributed by atoms with Gasteiger partial charge in [0.1, 0.15) is 6.61 Å². The number of ether oxygens (including phenoxy) is 2. The van der Waals surface area contributed by atoms with Crippen LogP contribution in [0.5, 0.6) is 11.5 Å². The molecule has 0 spiro atoms. The Morgan fingerprint density at radius 1 is 1.32 bits per heavy atom. The molecule has 0 aliphatic rings. The molecule has 0 saturated heterocycles. The number of unbranched alkanes of at least 4 members (excludes halogenated alkanes) is 2. The summed E-state index contributed by atoms with van der Waals surface area (Å²) in [5, 5.41) is 9.50. The second kappa shape index (κ2) is 9.87.